The van der Waals surface area contributed by atoms with E-state index in [0.29, 0.717) is 30.9 Å². The number of hydrogen-bond acceptors (Lipinski definition) is 11. The van der Waals surface area contributed by atoms with Crippen LogP contribution in [0.4, 0.5) is 8.78 Å². The third-order valence-corrected chi connectivity index (χ3v) is 12.0. The molecule has 3 N–H and O–H groups in total. The van der Waals surface area contributed by atoms with Gasteiger partial charge in [0.25, 0.3) is 0 Å². The molecular formula is C34H37ClF2N2O10S4. The summed E-state index contributed by atoms with van der Waals surface area (Å²) in [6.07, 6.45) is 4.39. The van der Waals surface area contributed by atoms with Gasteiger partial charge in [-0.3, -0.25) is 0 Å². The molecule has 2 atom stereocenters. The van der Waals surface area contributed by atoms with E-state index in [1.807, 2.05) is 0 Å². The summed E-state index contributed by atoms with van der Waals surface area (Å²) in [6.45, 7) is 0.499. The number of halogens is 3. The number of rotatable bonds is 8. The first-order chi connectivity index (χ1) is 24.7. The normalized spacial score (nSPS) is 16.9. The van der Waals surface area contributed by atoms with Crippen LogP contribution >= 0.6 is 10.7 Å². The van der Waals surface area contributed by atoms with E-state index in [2.05, 4.69) is 15.4 Å². The molecule has 0 saturated heterocycles. The maximum Gasteiger partial charge on any atom is 0.229 e. The van der Waals surface area contributed by atoms with Crippen LogP contribution < -0.4 is 19.9 Å². The van der Waals surface area contributed by atoms with Gasteiger partial charge in [0, 0.05) is 23.8 Å². The molecule has 0 spiro atoms. The lowest BCUT2D eigenvalue weighted by molar-refractivity contribution is 0.176. The molecule has 0 fully saturated rings. The SMILES string of the molecule is CS(=O)(=O)Cl.CS(=O)(=O)NC[C@H]1CCc2ccc(S(=O)(=O)c3cccc(F)c3)cc2O1.NC[C@H]1CCc2ccc(S(=O)(=O)c3cccc(F)c3)cc2O1. The van der Waals surface area contributed by atoms with E-state index in [0.717, 1.165) is 48.6 Å². The first kappa shape index (κ1) is 42.1. The van der Waals surface area contributed by atoms with Gasteiger partial charge in [0.2, 0.25) is 38.7 Å². The minimum Gasteiger partial charge on any atom is -0.489 e. The monoisotopic (exact) mass is 834 g/mol. The topological polar surface area (TPSA) is 193 Å². The fourth-order valence-electron chi connectivity index (χ4n) is 5.24. The largest absolute Gasteiger partial charge is 0.489 e. The van der Waals surface area contributed by atoms with Crippen LogP contribution in [-0.2, 0) is 51.6 Å². The zero-order valence-corrected chi connectivity index (χ0v) is 32.4. The highest BCUT2D eigenvalue weighted by molar-refractivity contribution is 8.13. The van der Waals surface area contributed by atoms with Crippen molar-refractivity contribution in [2.24, 2.45) is 5.73 Å². The van der Waals surface area contributed by atoms with Gasteiger partial charge in [0.1, 0.15) is 35.3 Å². The van der Waals surface area contributed by atoms with E-state index in [-0.39, 0.29) is 38.3 Å². The van der Waals surface area contributed by atoms with Gasteiger partial charge in [-0.05, 0) is 97.5 Å². The van der Waals surface area contributed by atoms with Crippen molar-refractivity contribution >= 4 is 49.4 Å². The van der Waals surface area contributed by atoms with Crippen molar-refractivity contribution in [1.29, 1.82) is 0 Å². The number of sulfonamides is 1. The molecule has 19 heteroatoms. The summed E-state index contributed by atoms with van der Waals surface area (Å²) in [7, 11) is -9.68. The molecule has 2 aliphatic heterocycles. The van der Waals surface area contributed by atoms with Crippen LogP contribution in [0.5, 0.6) is 11.5 Å². The standard InChI is InChI=1S/C17H18FNO5S2.C16H16FNO3S.CH3ClO2S/c1-25(20,21)19-11-14-7-5-12-6-8-16(10-17(12)24-14)26(22,23)15-4-2-3-13(18)9-15;17-12-2-1-3-14(8-12)22(19,20)15-7-5-11-4-6-13(10-18)21-16(11)9-15;1-5(2,3)4/h2-4,6,8-10,14,19H,5,7,11H2,1H3;1-3,5,7-9,13H,4,6,10,18H2;1H3/t14-;13-;/m11./s1. The smallest absolute Gasteiger partial charge is 0.229 e. The second-order valence-corrected chi connectivity index (χ2v) is 20.8. The van der Waals surface area contributed by atoms with Gasteiger partial charge >= 0.3 is 0 Å². The van der Waals surface area contributed by atoms with E-state index in [1.54, 1.807) is 12.1 Å². The Balaban J connectivity index is 0.000000212. The van der Waals surface area contributed by atoms with E-state index >= 15 is 0 Å². The Kier molecular flexibility index (Phi) is 13.7. The van der Waals surface area contributed by atoms with Crippen molar-refractivity contribution < 1.29 is 51.9 Å². The van der Waals surface area contributed by atoms with E-state index < -0.39 is 50.4 Å². The molecule has 53 heavy (non-hydrogen) atoms. The van der Waals surface area contributed by atoms with Gasteiger partial charge in [-0.25, -0.2) is 47.2 Å². The quantitative estimate of drug-likeness (QED) is 0.239. The molecule has 0 unspecified atom stereocenters. The molecule has 4 aromatic carbocycles. The second-order valence-electron chi connectivity index (χ2n) is 12.1. The number of nitrogens with two attached hydrogens (primary N) is 1. The average molecular weight is 835 g/mol. The molecule has 0 aliphatic carbocycles. The molecule has 0 bridgehead atoms. The van der Waals surface area contributed by atoms with Crippen LogP contribution in [-0.4, -0.2) is 71.5 Å². The van der Waals surface area contributed by atoms with Crippen LogP contribution in [0.1, 0.15) is 24.0 Å². The lowest BCUT2D eigenvalue weighted by Gasteiger charge is -2.26. The fraction of sp³-hybridized carbons (Fsp3) is 0.294. The van der Waals surface area contributed by atoms with Gasteiger partial charge in [0.05, 0.1) is 32.1 Å². The first-order valence-electron chi connectivity index (χ1n) is 15.8. The lowest BCUT2D eigenvalue weighted by Crippen LogP contribution is -2.36. The predicted molar refractivity (Wildman–Crippen MR) is 195 cm³/mol. The zero-order valence-electron chi connectivity index (χ0n) is 28.4. The number of sulfone groups is 2. The number of aryl methyl sites for hydroxylation is 2. The van der Waals surface area contributed by atoms with Crippen molar-refractivity contribution in [3.63, 3.8) is 0 Å². The van der Waals surface area contributed by atoms with E-state index in [1.165, 1.54) is 60.7 Å². The van der Waals surface area contributed by atoms with Crippen LogP contribution in [0, 0.1) is 11.6 Å². The Hall–Kier alpha value is -3.65. The molecule has 6 rings (SSSR count). The highest BCUT2D eigenvalue weighted by Crippen LogP contribution is 2.33. The summed E-state index contributed by atoms with van der Waals surface area (Å²) in [5.41, 5.74) is 7.41. The third kappa shape index (κ3) is 12.2. The molecule has 4 aromatic rings. The molecule has 2 aliphatic rings. The summed E-state index contributed by atoms with van der Waals surface area (Å²) in [6, 6.07) is 19.1. The van der Waals surface area contributed by atoms with E-state index in [9.17, 15) is 42.5 Å². The third-order valence-electron chi connectivity index (χ3n) is 7.81. The summed E-state index contributed by atoms with van der Waals surface area (Å²) < 4.78 is 132. The Morgan fingerprint density at radius 3 is 1.45 bits per heavy atom. The minimum absolute atomic E-state index is 0.00132. The molecule has 0 aromatic heterocycles. The second kappa shape index (κ2) is 17.2. The van der Waals surface area contributed by atoms with Crippen LogP contribution in [0.2, 0.25) is 0 Å². The molecule has 0 radical (unpaired) electrons. The number of hydrogen-bond donors (Lipinski definition) is 2. The Morgan fingerprint density at radius 2 is 1.06 bits per heavy atom. The van der Waals surface area contributed by atoms with Crippen LogP contribution in [0.15, 0.2) is 105 Å². The summed E-state index contributed by atoms with van der Waals surface area (Å²) in [4.78, 5) is -0.115. The van der Waals surface area contributed by atoms with Crippen LogP contribution in [0.3, 0.4) is 0 Å². The lowest BCUT2D eigenvalue weighted by atomic mass is 10.0. The average Bonchev–Trinajstić information content (AvgIpc) is 3.09. The first-order valence-corrected chi connectivity index (χ1v) is 23.4. The summed E-state index contributed by atoms with van der Waals surface area (Å²) in [5.74, 6) is -0.279. The van der Waals surface area contributed by atoms with E-state index in [4.69, 9.17) is 15.2 Å². The number of fused-ring (bicyclic) bond motifs is 2. The summed E-state index contributed by atoms with van der Waals surface area (Å²) in [5, 5.41) is 0. The molecule has 2 heterocycles. The highest BCUT2D eigenvalue weighted by Gasteiger charge is 2.26. The van der Waals surface area contributed by atoms with Gasteiger partial charge in [-0.1, -0.05) is 24.3 Å². The van der Waals surface area contributed by atoms with Gasteiger partial charge in [0.15, 0.2) is 0 Å². The minimum atomic E-state index is -3.88. The van der Waals surface area contributed by atoms with Gasteiger partial charge in [-0.2, -0.15) is 0 Å². The summed E-state index contributed by atoms with van der Waals surface area (Å²) >= 11 is 0. The van der Waals surface area contributed by atoms with Crippen molar-refractivity contribution in [2.45, 2.75) is 57.5 Å². The van der Waals surface area contributed by atoms with Gasteiger partial charge in [-0.15, -0.1) is 0 Å². The van der Waals surface area contributed by atoms with Gasteiger partial charge < -0.3 is 15.2 Å². The maximum atomic E-state index is 13.4. The molecule has 12 nitrogen and oxygen atoms in total. The molecular weight excluding hydrogens is 798 g/mol. The van der Waals surface area contributed by atoms with Crippen molar-refractivity contribution in [2.75, 3.05) is 25.6 Å². The molecule has 0 saturated carbocycles. The Bertz CT molecular complexity index is 2390. The Labute approximate surface area is 312 Å². The number of ether oxygens (including phenoxy) is 2. The maximum absolute atomic E-state index is 13.4. The van der Waals surface area contributed by atoms with Crippen molar-refractivity contribution in [3.8, 4) is 11.5 Å². The van der Waals surface area contributed by atoms with Crippen molar-refractivity contribution in [1.82, 2.24) is 4.72 Å². The number of benzene rings is 4. The van der Waals surface area contributed by atoms with Crippen LogP contribution in [0.25, 0.3) is 0 Å². The highest BCUT2D eigenvalue weighted by atomic mass is 35.7. The zero-order chi connectivity index (χ0) is 39.2. The Morgan fingerprint density at radius 1 is 0.660 bits per heavy atom. The number of nitrogens with one attached hydrogen (secondary N) is 1. The fourth-order valence-corrected chi connectivity index (χ4v) is 8.34. The van der Waals surface area contributed by atoms with Crippen molar-refractivity contribution in [3.05, 3.63) is 108 Å². The molecule has 288 valence electrons. The molecule has 0 amide bonds. The predicted octanol–water partition coefficient (Wildman–Crippen LogP) is 4.40.